The SMILES string of the molecule is CC(C)=CCC/C(C)=C/COC1CCOP(=O)(NC(C)CCl)N1C(C)CCl. The summed E-state index contributed by atoms with van der Waals surface area (Å²) in [6.07, 6.45) is 6.71. The first-order chi connectivity index (χ1) is 12.7. The molecule has 0 aromatic rings. The van der Waals surface area contributed by atoms with E-state index in [1.54, 1.807) is 4.67 Å². The first-order valence-corrected chi connectivity index (χ1v) is 12.2. The standard InChI is InChI=1S/C19H35Cl2N2O3P/c1-15(2)7-6-8-16(3)9-11-25-19-10-12-26-27(24,22-17(4)13-20)23(19)18(5)14-21/h7,9,17-19H,6,8,10-14H2,1-5H3,(H,22,24)/b16-9+. The molecule has 0 saturated carbocycles. The van der Waals surface area contributed by atoms with Crippen LogP contribution in [0.1, 0.15) is 53.9 Å². The first kappa shape index (κ1) is 25.2. The van der Waals surface area contributed by atoms with E-state index in [9.17, 15) is 4.57 Å². The highest BCUT2D eigenvalue weighted by Gasteiger charge is 2.44. The number of allylic oxidation sites excluding steroid dienone is 3. The van der Waals surface area contributed by atoms with Crippen molar-refractivity contribution < 1.29 is 13.8 Å². The average molecular weight is 441 g/mol. The summed E-state index contributed by atoms with van der Waals surface area (Å²) in [5.74, 6) is 0.678. The van der Waals surface area contributed by atoms with E-state index in [-0.39, 0.29) is 18.3 Å². The van der Waals surface area contributed by atoms with Gasteiger partial charge in [-0.05, 0) is 47.5 Å². The molecule has 1 aliphatic rings. The Bertz CT molecular complexity index is 553. The van der Waals surface area contributed by atoms with Gasteiger partial charge in [0.1, 0.15) is 6.23 Å². The van der Waals surface area contributed by atoms with Crippen LogP contribution in [0.25, 0.3) is 0 Å². The topological polar surface area (TPSA) is 50.8 Å². The maximum atomic E-state index is 13.4. The van der Waals surface area contributed by atoms with E-state index >= 15 is 0 Å². The van der Waals surface area contributed by atoms with Crippen molar-refractivity contribution in [2.24, 2.45) is 0 Å². The van der Waals surface area contributed by atoms with Gasteiger partial charge in [0.2, 0.25) is 0 Å². The Labute approximate surface area is 175 Å². The summed E-state index contributed by atoms with van der Waals surface area (Å²) in [5, 5.41) is 3.04. The zero-order chi connectivity index (χ0) is 20.4. The second-order valence-electron chi connectivity index (χ2n) is 7.37. The van der Waals surface area contributed by atoms with Crippen LogP contribution in [-0.2, 0) is 13.8 Å². The number of halogens is 2. The molecule has 0 aromatic carbocycles. The molecular weight excluding hydrogens is 406 g/mol. The van der Waals surface area contributed by atoms with Crippen LogP contribution in [0.5, 0.6) is 0 Å². The van der Waals surface area contributed by atoms with Gasteiger partial charge in [0.15, 0.2) is 0 Å². The predicted molar refractivity (Wildman–Crippen MR) is 116 cm³/mol. The van der Waals surface area contributed by atoms with Gasteiger partial charge in [-0.2, -0.15) is 4.67 Å². The quantitative estimate of drug-likeness (QED) is 0.253. The molecule has 1 fully saturated rings. The van der Waals surface area contributed by atoms with Crippen molar-refractivity contribution in [2.75, 3.05) is 25.0 Å². The fourth-order valence-corrected chi connectivity index (χ4v) is 5.72. The van der Waals surface area contributed by atoms with Crippen LogP contribution in [0, 0.1) is 0 Å². The second-order valence-corrected chi connectivity index (χ2v) is 10.0. The molecule has 1 heterocycles. The van der Waals surface area contributed by atoms with Crippen molar-refractivity contribution >= 4 is 30.9 Å². The molecule has 27 heavy (non-hydrogen) atoms. The molecule has 0 aliphatic carbocycles. The Hall–Kier alpha value is 0.130. The summed E-state index contributed by atoms with van der Waals surface area (Å²) < 4.78 is 26.9. The third kappa shape index (κ3) is 8.57. The Morgan fingerprint density at radius 2 is 2.00 bits per heavy atom. The van der Waals surface area contributed by atoms with Crippen LogP contribution >= 0.6 is 30.9 Å². The number of alkyl halides is 2. The highest BCUT2D eigenvalue weighted by molar-refractivity contribution is 7.54. The van der Waals surface area contributed by atoms with E-state index in [1.807, 2.05) is 13.8 Å². The summed E-state index contributed by atoms with van der Waals surface area (Å²) in [7, 11) is -3.26. The minimum absolute atomic E-state index is 0.140. The summed E-state index contributed by atoms with van der Waals surface area (Å²) in [5.41, 5.74) is 2.62. The summed E-state index contributed by atoms with van der Waals surface area (Å²) in [6, 6.07) is -0.293. The van der Waals surface area contributed by atoms with Gasteiger partial charge < -0.3 is 9.26 Å². The molecule has 158 valence electrons. The van der Waals surface area contributed by atoms with E-state index < -0.39 is 7.67 Å². The number of nitrogens with zero attached hydrogens (tertiary/aromatic N) is 1. The molecule has 0 bridgehead atoms. The molecule has 1 saturated heterocycles. The molecule has 1 aliphatic heterocycles. The third-order valence-electron chi connectivity index (χ3n) is 4.33. The minimum Gasteiger partial charge on any atom is -0.358 e. The third-order valence-corrected chi connectivity index (χ3v) is 7.80. The lowest BCUT2D eigenvalue weighted by molar-refractivity contribution is -0.0554. The lowest BCUT2D eigenvalue weighted by atomic mass is 10.1. The molecule has 0 amide bonds. The van der Waals surface area contributed by atoms with Crippen LogP contribution in [0.2, 0.25) is 0 Å². The second kappa shape index (κ2) is 12.6. The smallest absolute Gasteiger partial charge is 0.346 e. The van der Waals surface area contributed by atoms with Gasteiger partial charge in [-0.15, -0.1) is 23.2 Å². The largest absolute Gasteiger partial charge is 0.358 e. The maximum absolute atomic E-state index is 13.4. The van der Waals surface area contributed by atoms with Gasteiger partial charge in [-0.3, -0.25) is 4.57 Å². The van der Waals surface area contributed by atoms with Crippen molar-refractivity contribution in [3.8, 4) is 0 Å². The molecule has 5 nitrogen and oxygen atoms in total. The predicted octanol–water partition coefficient (Wildman–Crippen LogP) is 5.70. The van der Waals surface area contributed by atoms with Gasteiger partial charge in [-0.25, -0.2) is 5.09 Å². The summed E-state index contributed by atoms with van der Waals surface area (Å²) >= 11 is 12.0. The van der Waals surface area contributed by atoms with Gasteiger partial charge >= 0.3 is 7.67 Å². The van der Waals surface area contributed by atoms with Crippen LogP contribution in [0.15, 0.2) is 23.3 Å². The summed E-state index contributed by atoms with van der Waals surface area (Å²) in [4.78, 5) is 0. The van der Waals surface area contributed by atoms with Gasteiger partial charge in [0.25, 0.3) is 0 Å². The Kier molecular flexibility index (Phi) is 11.8. The molecular formula is C19H35Cl2N2O3P. The van der Waals surface area contributed by atoms with Crippen molar-refractivity contribution in [1.29, 1.82) is 0 Å². The number of ether oxygens (including phenoxy) is 1. The van der Waals surface area contributed by atoms with Gasteiger partial charge in [-0.1, -0.05) is 23.3 Å². The Balaban J connectivity index is 2.76. The number of nitrogens with one attached hydrogen (secondary N) is 1. The molecule has 0 spiro atoms. The Morgan fingerprint density at radius 3 is 2.59 bits per heavy atom. The van der Waals surface area contributed by atoms with Crippen molar-refractivity contribution in [3.63, 3.8) is 0 Å². The molecule has 4 atom stereocenters. The van der Waals surface area contributed by atoms with Crippen molar-refractivity contribution in [2.45, 2.75) is 72.2 Å². The van der Waals surface area contributed by atoms with Gasteiger partial charge in [0, 0.05) is 30.3 Å². The average Bonchev–Trinajstić information content (AvgIpc) is 2.60. The van der Waals surface area contributed by atoms with E-state index in [0.29, 0.717) is 31.4 Å². The zero-order valence-corrected chi connectivity index (χ0v) is 19.6. The lowest BCUT2D eigenvalue weighted by Gasteiger charge is -2.44. The Morgan fingerprint density at radius 1 is 1.30 bits per heavy atom. The molecule has 4 unspecified atom stereocenters. The van der Waals surface area contributed by atoms with E-state index in [2.05, 4.69) is 38.0 Å². The van der Waals surface area contributed by atoms with E-state index in [4.69, 9.17) is 32.5 Å². The van der Waals surface area contributed by atoms with Crippen LogP contribution in [-0.4, -0.2) is 48.0 Å². The number of rotatable bonds is 11. The van der Waals surface area contributed by atoms with Crippen LogP contribution in [0.4, 0.5) is 0 Å². The number of hydrogen-bond donors (Lipinski definition) is 1. The fourth-order valence-electron chi connectivity index (χ4n) is 2.83. The highest BCUT2D eigenvalue weighted by Crippen LogP contribution is 2.53. The van der Waals surface area contributed by atoms with Gasteiger partial charge in [0.05, 0.1) is 13.2 Å². The monoisotopic (exact) mass is 440 g/mol. The molecule has 8 heteroatoms. The molecule has 0 radical (unpaired) electrons. The maximum Gasteiger partial charge on any atom is 0.346 e. The van der Waals surface area contributed by atoms with E-state index in [1.165, 1.54) is 11.1 Å². The lowest BCUT2D eigenvalue weighted by Crippen LogP contribution is -2.50. The highest BCUT2D eigenvalue weighted by atomic mass is 35.5. The fraction of sp³-hybridized carbons (Fsp3) is 0.789. The van der Waals surface area contributed by atoms with E-state index in [0.717, 1.165) is 12.8 Å². The van der Waals surface area contributed by atoms with Crippen molar-refractivity contribution in [1.82, 2.24) is 9.76 Å². The minimum atomic E-state index is -3.26. The number of hydrogen-bond acceptors (Lipinski definition) is 3. The summed E-state index contributed by atoms with van der Waals surface area (Å²) in [6.45, 7) is 11.0. The zero-order valence-electron chi connectivity index (χ0n) is 17.2. The van der Waals surface area contributed by atoms with Crippen LogP contribution < -0.4 is 5.09 Å². The molecule has 1 N–H and O–H groups in total. The van der Waals surface area contributed by atoms with Crippen LogP contribution in [0.3, 0.4) is 0 Å². The van der Waals surface area contributed by atoms with Crippen molar-refractivity contribution in [3.05, 3.63) is 23.3 Å². The molecule has 0 aromatic heterocycles. The molecule has 1 rings (SSSR count). The first-order valence-electron chi connectivity index (χ1n) is 9.57. The normalized spacial score (nSPS) is 26.6.